The van der Waals surface area contributed by atoms with Gasteiger partial charge in [-0.15, -0.1) is 22.7 Å². The number of hydrogen-bond acceptors (Lipinski definition) is 5. The van der Waals surface area contributed by atoms with Crippen LogP contribution in [0.1, 0.15) is 34.4 Å². The van der Waals surface area contributed by atoms with Gasteiger partial charge in [0.15, 0.2) is 5.96 Å². The molecule has 0 saturated carbocycles. The van der Waals surface area contributed by atoms with Crippen LogP contribution in [0.2, 0.25) is 0 Å². The molecule has 0 atom stereocenters. The van der Waals surface area contributed by atoms with Crippen molar-refractivity contribution in [3.63, 3.8) is 0 Å². The quantitative estimate of drug-likeness (QED) is 0.602. The second kappa shape index (κ2) is 8.85. The van der Waals surface area contributed by atoms with Crippen molar-refractivity contribution < 1.29 is 0 Å². The number of aryl methyl sites for hydroxylation is 2. The molecule has 7 heteroatoms. The van der Waals surface area contributed by atoms with Crippen LogP contribution in [0.15, 0.2) is 16.6 Å². The summed E-state index contributed by atoms with van der Waals surface area (Å²) in [5, 5.41) is 11.0. The van der Waals surface area contributed by atoms with Gasteiger partial charge in [-0.1, -0.05) is 6.92 Å². The maximum Gasteiger partial charge on any atom is 0.191 e. The Hall–Kier alpha value is -1.47. The van der Waals surface area contributed by atoms with Crippen molar-refractivity contribution in [3.8, 4) is 0 Å². The SMILES string of the molecule is CCNC(=NCc1csc(CC)n1)NCCc1ncc(C)s1. The second-order valence-corrected chi connectivity index (χ2v) is 7.08. The average molecular weight is 338 g/mol. The maximum atomic E-state index is 4.59. The van der Waals surface area contributed by atoms with Gasteiger partial charge in [0, 0.05) is 36.0 Å². The minimum atomic E-state index is 0.613. The van der Waals surface area contributed by atoms with E-state index >= 15 is 0 Å². The lowest BCUT2D eigenvalue weighted by molar-refractivity contribution is 0.794. The van der Waals surface area contributed by atoms with E-state index in [2.05, 4.69) is 51.7 Å². The van der Waals surface area contributed by atoms with Crippen LogP contribution in [0.5, 0.6) is 0 Å². The summed E-state index contributed by atoms with van der Waals surface area (Å²) in [7, 11) is 0. The number of nitrogens with one attached hydrogen (secondary N) is 2. The van der Waals surface area contributed by atoms with E-state index < -0.39 is 0 Å². The Morgan fingerprint density at radius 3 is 2.77 bits per heavy atom. The van der Waals surface area contributed by atoms with Crippen LogP contribution in [-0.2, 0) is 19.4 Å². The zero-order valence-corrected chi connectivity index (χ0v) is 15.0. The summed E-state index contributed by atoms with van der Waals surface area (Å²) in [6.45, 7) is 8.56. The van der Waals surface area contributed by atoms with Gasteiger partial charge in [0.1, 0.15) is 0 Å². The Bertz CT molecular complexity index is 603. The second-order valence-electron chi connectivity index (χ2n) is 4.82. The highest BCUT2D eigenvalue weighted by Gasteiger charge is 2.03. The first kappa shape index (κ1) is 16.9. The first-order valence-electron chi connectivity index (χ1n) is 7.58. The van der Waals surface area contributed by atoms with Crippen molar-refractivity contribution >= 4 is 28.6 Å². The number of aromatic nitrogens is 2. The molecule has 0 aliphatic heterocycles. The smallest absolute Gasteiger partial charge is 0.191 e. The first-order valence-corrected chi connectivity index (χ1v) is 9.27. The van der Waals surface area contributed by atoms with E-state index in [1.54, 1.807) is 22.7 Å². The molecule has 0 saturated heterocycles. The number of nitrogens with zero attached hydrogens (tertiary/aromatic N) is 3. The summed E-state index contributed by atoms with van der Waals surface area (Å²) in [6.07, 6.45) is 3.83. The predicted octanol–water partition coefficient (Wildman–Crippen LogP) is 2.77. The normalized spacial score (nSPS) is 11.7. The number of hydrogen-bond donors (Lipinski definition) is 2. The highest BCUT2D eigenvalue weighted by Crippen LogP contribution is 2.11. The molecule has 120 valence electrons. The van der Waals surface area contributed by atoms with Crippen LogP contribution in [-0.4, -0.2) is 29.0 Å². The molecule has 0 radical (unpaired) electrons. The van der Waals surface area contributed by atoms with Gasteiger partial charge in [-0.25, -0.2) is 15.0 Å². The molecule has 0 fully saturated rings. The highest BCUT2D eigenvalue weighted by molar-refractivity contribution is 7.11. The van der Waals surface area contributed by atoms with E-state index in [0.29, 0.717) is 6.54 Å². The summed E-state index contributed by atoms with van der Waals surface area (Å²) in [4.78, 5) is 14.8. The van der Waals surface area contributed by atoms with E-state index in [-0.39, 0.29) is 0 Å². The zero-order chi connectivity index (χ0) is 15.8. The van der Waals surface area contributed by atoms with Gasteiger partial charge in [0.25, 0.3) is 0 Å². The van der Waals surface area contributed by atoms with Gasteiger partial charge in [-0.2, -0.15) is 0 Å². The largest absolute Gasteiger partial charge is 0.357 e. The standard InChI is InChI=1S/C15H23N5S2/c1-4-13-20-12(10-21-13)9-19-15(16-5-2)17-7-6-14-18-8-11(3)22-14/h8,10H,4-7,9H2,1-3H3,(H2,16,17,19). The van der Waals surface area contributed by atoms with Crippen LogP contribution in [0.4, 0.5) is 0 Å². The van der Waals surface area contributed by atoms with Crippen molar-refractivity contribution in [2.24, 2.45) is 4.99 Å². The first-order chi connectivity index (χ1) is 10.7. The fraction of sp³-hybridized carbons (Fsp3) is 0.533. The Balaban J connectivity index is 1.83. The summed E-state index contributed by atoms with van der Waals surface area (Å²) in [6, 6.07) is 0. The Labute approximate surface area is 139 Å². The van der Waals surface area contributed by atoms with E-state index in [1.165, 1.54) is 9.88 Å². The third kappa shape index (κ3) is 5.38. The van der Waals surface area contributed by atoms with Crippen LogP contribution in [0, 0.1) is 6.92 Å². The minimum absolute atomic E-state index is 0.613. The summed E-state index contributed by atoms with van der Waals surface area (Å²) < 4.78 is 0. The van der Waals surface area contributed by atoms with Crippen molar-refractivity contribution in [3.05, 3.63) is 32.2 Å². The zero-order valence-electron chi connectivity index (χ0n) is 13.3. The molecule has 0 spiro atoms. The Morgan fingerprint density at radius 2 is 2.14 bits per heavy atom. The Kier molecular flexibility index (Phi) is 6.79. The van der Waals surface area contributed by atoms with Crippen molar-refractivity contribution in [1.29, 1.82) is 0 Å². The maximum absolute atomic E-state index is 4.59. The van der Waals surface area contributed by atoms with Gasteiger partial charge in [-0.05, 0) is 20.3 Å². The van der Waals surface area contributed by atoms with Crippen molar-refractivity contribution in [1.82, 2.24) is 20.6 Å². The topological polar surface area (TPSA) is 62.2 Å². The fourth-order valence-corrected chi connectivity index (χ4v) is 3.41. The third-order valence-electron chi connectivity index (χ3n) is 2.95. The van der Waals surface area contributed by atoms with Crippen LogP contribution >= 0.6 is 22.7 Å². The number of thiazole rings is 2. The van der Waals surface area contributed by atoms with Gasteiger partial charge in [0.2, 0.25) is 0 Å². The average Bonchev–Trinajstić information content (AvgIpc) is 3.13. The van der Waals surface area contributed by atoms with Gasteiger partial charge < -0.3 is 10.6 Å². The highest BCUT2D eigenvalue weighted by atomic mass is 32.1. The molecule has 2 heterocycles. The summed E-state index contributed by atoms with van der Waals surface area (Å²) in [5.41, 5.74) is 1.04. The van der Waals surface area contributed by atoms with Crippen LogP contribution in [0.3, 0.4) is 0 Å². The lowest BCUT2D eigenvalue weighted by atomic mass is 10.4. The number of guanidine groups is 1. The van der Waals surface area contributed by atoms with Crippen molar-refractivity contribution in [2.45, 2.75) is 40.2 Å². The van der Waals surface area contributed by atoms with E-state index in [9.17, 15) is 0 Å². The fourth-order valence-electron chi connectivity index (χ4n) is 1.89. The lowest BCUT2D eigenvalue weighted by Gasteiger charge is -2.10. The molecule has 2 rings (SSSR count). The Morgan fingerprint density at radius 1 is 1.27 bits per heavy atom. The monoisotopic (exact) mass is 337 g/mol. The molecule has 2 N–H and O–H groups in total. The third-order valence-corrected chi connectivity index (χ3v) is 4.96. The molecule has 0 unspecified atom stereocenters. The molecular weight excluding hydrogens is 314 g/mol. The summed E-state index contributed by atoms with van der Waals surface area (Å²) in [5.74, 6) is 0.835. The van der Waals surface area contributed by atoms with Gasteiger partial charge >= 0.3 is 0 Å². The summed E-state index contributed by atoms with van der Waals surface area (Å²) >= 11 is 3.45. The van der Waals surface area contributed by atoms with E-state index in [4.69, 9.17) is 0 Å². The van der Waals surface area contributed by atoms with Gasteiger partial charge in [-0.3, -0.25) is 0 Å². The molecule has 2 aromatic rings. The number of aliphatic imine (C=N–C) groups is 1. The molecule has 5 nitrogen and oxygen atoms in total. The molecule has 0 aromatic carbocycles. The van der Waals surface area contributed by atoms with Crippen molar-refractivity contribution in [2.75, 3.05) is 13.1 Å². The molecule has 0 amide bonds. The number of rotatable bonds is 7. The molecule has 0 bridgehead atoms. The molecule has 0 aliphatic carbocycles. The predicted molar refractivity (Wildman–Crippen MR) is 94.9 cm³/mol. The lowest BCUT2D eigenvalue weighted by Crippen LogP contribution is -2.38. The minimum Gasteiger partial charge on any atom is -0.357 e. The molecular formula is C15H23N5S2. The molecule has 0 aliphatic rings. The van der Waals surface area contributed by atoms with E-state index in [0.717, 1.165) is 42.6 Å². The van der Waals surface area contributed by atoms with Gasteiger partial charge in [0.05, 0.1) is 22.3 Å². The van der Waals surface area contributed by atoms with E-state index in [1.807, 2.05) is 6.20 Å². The van der Waals surface area contributed by atoms with Crippen LogP contribution < -0.4 is 10.6 Å². The molecule has 2 aromatic heterocycles. The molecule has 22 heavy (non-hydrogen) atoms. The van der Waals surface area contributed by atoms with Crippen LogP contribution in [0.25, 0.3) is 0 Å².